The Kier molecular flexibility index (Phi) is 3.38. The van der Waals surface area contributed by atoms with Crippen molar-refractivity contribution in [1.29, 1.82) is 0 Å². The van der Waals surface area contributed by atoms with E-state index in [9.17, 15) is 4.79 Å². The zero-order chi connectivity index (χ0) is 13.2. The Labute approximate surface area is 120 Å². The van der Waals surface area contributed by atoms with Crippen molar-refractivity contribution in [1.82, 2.24) is 0 Å². The topological polar surface area (TPSA) is 26.3 Å². The van der Waals surface area contributed by atoms with Gasteiger partial charge < -0.3 is 4.74 Å². The van der Waals surface area contributed by atoms with Gasteiger partial charge in [0, 0.05) is 4.47 Å². The van der Waals surface area contributed by atoms with Crippen LogP contribution in [0.5, 0.6) is 5.75 Å². The fourth-order valence-electron chi connectivity index (χ4n) is 2.34. The minimum Gasteiger partial charge on any atom is -0.492 e. The van der Waals surface area contributed by atoms with Gasteiger partial charge in [-0.2, -0.15) is 0 Å². The van der Waals surface area contributed by atoms with Crippen molar-refractivity contribution < 1.29 is 9.53 Å². The van der Waals surface area contributed by atoms with Crippen molar-refractivity contribution in [3.63, 3.8) is 0 Å². The van der Waals surface area contributed by atoms with Crippen LogP contribution in [0.15, 0.2) is 53.0 Å². The molecule has 3 rings (SSSR count). The molecule has 2 aromatic rings. The van der Waals surface area contributed by atoms with E-state index < -0.39 is 0 Å². The van der Waals surface area contributed by atoms with E-state index in [1.807, 2.05) is 48.5 Å². The number of carbonyl (C=O) groups excluding carboxylic acids is 1. The highest BCUT2D eigenvalue weighted by Crippen LogP contribution is 2.28. The molecule has 0 saturated heterocycles. The molecule has 0 N–H and O–H groups in total. The second-order valence-corrected chi connectivity index (χ2v) is 5.61. The molecule has 1 heterocycles. The van der Waals surface area contributed by atoms with Crippen LogP contribution in [0.2, 0.25) is 0 Å². The van der Waals surface area contributed by atoms with Crippen LogP contribution in [0.1, 0.15) is 15.9 Å². The number of benzene rings is 2. The molecule has 0 spiro atoms. The van der Waals surface area contributed by atoms with Gasteiger partial charge in [-0.15, -0.1) is 0 Å². The Morgan fingerprint density at radius 2 is 1.84 bits per heavy atom. The van der Waals surface area contributed by atoms with E-state index in [2.05, 4.69) is 15.9 Å². The summed E-state index contributed by atoms with van der Waals surface area (Å²) in [5.74, 6) is 0.806. The van der Waals surface area contributed by atoms with Crippen LogP contribution in [0.4, 0.5) is 0 Å². The number of halogens is 1. The first-order valence-corrected chi connectivity index (χ1v) is 7.04. The predicted octanol–water partition coefficient (Wildman–Crippen LogP) is 3.88. The maximum Gasteiger partial charge on any atom is 0.173 e. The summed E-state index contributed by atoms with van der Waals surface area (Å²) >= 11 is 3.41. The normalized spacial score (nSPS) is 17.7. The molecular formula is C16H13BrO2. The zero-order valence-electron chi connectivity index (χ0n) is 10.3. The summed E-state index contributed by atoms with van der Waals surface area (Å²) in [6.45, 7) is 0.464. The number of ether oxygens (including phenoxy) is 1. The lowest BCUT2D eigenvalue weighted by atomic mass is 9.90. The lowest BCUT2D eigenvalue weighted by Crippen LogP contribution is -2.29. The molecule has 0 aliphatic carbocycles. The van der Waals surface area contributed by atoms with Crippen molar-refractivity contribution in [2.75, 3.05) is 6.61 Å². The molecule has 0 fully saturated rings. The van der Waals surface area contributed by atoms with E-state index in [4.69, 9.17) is 4.74 Å². The molecule has 1 aliphatic rings. The number of Topliss-reactive ketones (excluding diaryl/α,β-unsaturated/α-hetero) is 1. The number of para-hydroxylation sites is 1. The van der Waals surface area contributed by atoms with E-state index in [-0.39, 0.29) is 11.7 Å². The Bertz CT molecular complexity index is 604. The Balaban J connectivity index is 1.81. The molecule has 0 radical (unpaired) electrons. The van der Waals surface area contributed by atoms with Gasteiger partial charge in [0.2, 0.25) is 0 Å². The van der Waals surface area contributed by atoms with Gasteiger partial charge in [-0.1, -0.05) is 40.2 Å². The highest BCUT2D eigenvalue weighted by molar-refractivity contribution is 9.10. The van der Waals surface area contributed by atoms with E-state index in [1.165, 1.54) is 0 Å². The number of rotatable bonds is 2. The van der Waals surface area contributed by atoms with Crippen molar-refractivity contribution in [3.8, 4) is 5.75 Å². The average molecular weight is 317 g/mol. The molecule has 3 heteroatoms. The van der Waals surface area contributed by atoms with Gasteiger partial charge in [-0.25, -0.2) is 0 Å². The van der Waals surface area contributed by atoms with Gasteiger partial charge in [-0.05, 0) is 36.2 Å². The number of carbonyl (C=O) groups is 1. The number of hydrogen-bond donors (Lipinski definition) is 0. The van der Waals surface area contributed by atoms with Crippen LogP contribution >= 0.6 is 15.9 Å². The second kappa shape index (κ2) is 5.17. The molecule has 0 amide bonds. The summed E-state index contributed by atoms with van der Waals surface area (Å²) in [6.07, 6.45) is 0.723. The van der Waals surface area contributed by atoms with Gasteiger partial charge in [0.15, 0.2) is 5.78 Å². The summed E-state index contributed by atoms with van der Waals surface area (Å²) in [7, 11) is 0. The van der Waals surface area contributed by atoms with E-state index in [1.54, 1.807) is 0 Å². The summed E-state index contributed by atoms with van der Waals surface area (Å²) in [4.78, 5) is 12.4. The molecule has 0 bridgehead atoms. The molecule has 19 heavy (non-hydrogen) atoms. The number of hydrogen-bond acceptors (Lipinski definition) is 2. The van der Waals surface area contributed by atoms with Crippen LogP contribution in [-0.2, 0) is 6.42 Å². The Morgan fingerprint density at radius 1 is 1.11 bits per heavy atom. The standard InChI is InChI=1S/C16H13BrO2/c17-13-7-5-11(6-8-13)9-12-10-19-15-4-2-1-3-14(15)16(12)18/h1-8,12H,9-10H2. The van der Waals surface area contributed by atoms with Crippen LogP contribution in [-0.4, -0.2) is 12.4 Å². The molecule has 1 unspecified atom stereocenters. The monoisotopic (exact) mass is 316 g/mol. The lowest BCUT2D eigenvalue weighted by Gasteiger charge is -2.24. The van der Waals surface area contributed by atoms with E-state index >= 15 is 0 Å². The third kappa shape index (κ3) is 2.56. The maximum atomic E-state index is 12.4. The SMILES string of the molecule is O=C1c2ccccc2OCC1Cc1ccc(Br)cc1. The minimum atomic E-state index is -0.0870. The quantitative estimate of drug-likeness (QED) is 0.840. The van der Waals surface area contributed by atoms with E-state index in [0.717, 1.165) is 16.5 Å². The molecular weight excluding hydrogens is 304 g/mol. The fraction of sp³-hybridized carbons (Fsp3) is 0.188. The van der Waals surface area contributed by atoms with Gasteiger partial charge in [-0.3, -0.25) is 4.79 Å². The van der Waals surface area contributed by atoms with Crippen molar-refractivity contribution in [2.24, 2.45) is 5.92 Å². The van der Waals surface area contributed by atoms with Gasteiger partial charge in [0.25, 0.3) is 0 Å². The Hall–Kier alpha value is -1.61. The summed E-state index contributed by atoms with van der Waals surface area (Å²) in [5.41, 5.74) is 1.86. The van der Waals surface area contributed by atoms with Crippen molar-refractivity contribution >= 4 is 21.7 Å². The molecule has 0 aromatic heterocycles. The fourth-order valence-corrected chi connectivity index (χ4v) is 2.60. The molecule has 0 saturated carbocycles. The molecule has 2 aromatic carbocycles. The summed E-state index contributed by atoms with van der Waals surface area (Å²) in [5, 5.41) is 0. The summed E-state index contributed by atoms with van der Waals surface area (Å²) < 4.78 is 6.72. The van der Waals surface area contributed by atoms with E-state index in [0.29, 0.717) is 17.9 Å². The second-order valence-electron chi connectivity index (χ2n) is 4.70. The first-order chi connectivity index (χ1) is 9.24. The maximum absolute atomic E-state index is 12.4. The number of fused-ring (bicyclic) bond motifs is 1. The van der Waals surface area contributed by atoms with Crippen LogP contribution in [0.25, 0.3) is 0 Å². The van der Waals surface area contributed by atoms with Gasteiger partial charge in [0.05, 0.1) is 18.1 Å². The third-order valence-corrected chi connectivity index (χ3v) is 3.89. The summed E-state index contributed by atoms with van der Waals surface area (Å²) in [6, 6.07) is 15.5. The van der Waals surface area contributed by atoms with Crippen LogP contribution in [0.3, 0.4) is 0 Å². The Morgan fingerprint density at radius 3 is 2.63 bits per heavy atom. The number of ketones is 1. The average Bonchev–Trinajstić information content (AvgIpc) is 2.45. The van der Waals surface area contributed by atoms with Gasteiger partial charge >= 0.3 is 0 Å². The molecule has 2 nitrogen and oxygen atoms in total. The van der Waals surface area contributed by atoms with Gasteiger partial charge in [0.1, 0.15) is 5.75 Å². The predicted molar refractivity (Wildman–Crippen MR) is 77.6 cm³/mol. The molecule has 96 valence electrons. The highest BCUT2D eigenvalue weighted by atomic mass is 79.9. The molecule has 1 aliphatic heterocycles. The lowest BCUT2D eigenvalue weighted by molar-refractivity contribution is 0.0830. The highest BCUT2D eigenvalue weighted by Gasteiger charge is 2.28. The first kappa shape index (κ1) is 12.4. The molecule has 1 atom stereocenters. The largest absolute Gasteiger partial charge is 0.492 e. The minimum absolute atomic E-state index is 0.0870. The van der Waals surface area contributed by atoms with Crippen molar-refractivity contribution in [2.45, 2.75) is 6.42 Å². The van der Waals surface area contributed by atoms with Crippen LogP contribution in [0, 0.1) is 5.92 Å². The first-order valence-electron chi connectivity index (χ1n) is 6.24. The third-order valence-electron chi connectivity index (χ3n) is 3.36. The van der Waals surface area contributed by atoms with Crippen LogP contribution < -0.4 is 4.74 Å². The zero-order valence-corrected chi connectivity index (χ0v) is 11.9. The van der Waals surface area contributed by atoms with Crippen molar-refractivity contribution in [3.05, 3.63) is 64.1 Å². The smallest absolute Gasteiger partial charge is 0.173 e.